The van der Waals surface area contributed by atoms with Crippen molar-refractivity contribution in [3.63, 3.8) is 0 Å². The molecule has 1 aromatic carbocycles. The van der Waals surface area contributed by atoms with E-state index in [1.165, 1.54) is 13.8 Å². The first-order chi connectivity index (χ1) is 21.9. The van der Waals surface area contributed by atoms with Gasteiger partial charge in [0.1, 0.15) is 36.4 Å². The largest absolute Gasteiger partial charge is 0.504 e. The van der Waals surface area contributed by atoms with E-state index in [9.17, 15) is 64.5 Å². The van der Waals surface area contributed by atoms with Crippen molar-refractivity contribution >= 4 is 35.4 Å². The molecule has 0 saturated carbocycles. The third kappa shape index (κ3) is 10.2. The van der Waals surface area contributed by atoms with Crippen LogP contribution in [0.2, 0.25) is 0 Å². The molecule has 1 aliphatic rings. The summed E-state index contributed by atoms with van der Waals surface area (Å²) < 4.78 is 0. The summed E-state index contributed by atoms with van der Waals surface area (Å²) in [6.45, 7) is 3.42. The van der Waals surface area contributed by atoms with E-state index in [1.54, 1.807) is 0 Å². The van der Waals surface area contributed by atoms with Gasteiger partial charge in [-0.3, -0.25) is 28.8 Å². The fraction of sp³-hybridized carbons (Fsp3) is 0.571. The van der Waals surface area contributed by atoms with Gasteiger partial charge in [0.2, 0.25) is 35.4 Å². The Balaban J connectivity index is 2.50. The first-order valence-electron chi connectivity index (χ1n) is 14.6. The molecule has 13 N–H and O–H groups in total. The maximum absolute atomic E-state index is 13.6. The summed E-state index contributed by atoms with van der Waals surface area (Å²) in [5.74, 6) is -7.46. The Bertz CT molecular complexity index is 1330. The summed E-state index contributed by atoms with van der Waals surface area (Å²) >= 11 is 0. The van der Waals surface area contributed by atoms with Crippen LogP contribution in [0.1, 0.15) is 45.3 Å². The van der Waals surface area contributed by atoms with Crippen molar-refractivity contribution in [2.45, 2.75) is 88.3 Å². The number of β-amino-alcohol motifs (C(OH)–C–C–N with tert-alkyl or cyclic N) is 1. The molecule has 1 heterocycles. The summed E-state index contributed by atoms with van der Waals surface area (Å²) in [4.78, 5) is 77.1. The van der Waals surface area contributed by atoms with Gasteiger partial charge in [-0.1, -0.05) is 6.07 Å². The van der Waals surface area contributed by atoms with Crippen molar-refractivity contribution in [3.05, 3.63) is 23.8 Å². The van der Waals surface area contributed by atoms with Crippen LogP contribution in [-0.2, 0) is 28.8 Å². The molecule has 262 valence electrons. The number of carbonyl (C=O) groups excluding carboxylic acids is 6. The first-order valence-corrected chi connectivity index (χ1v) is 14.6. The van der Waals surface area contributed by atoms with Crippen LogP contribution in [0.25, 0.3) is 0 Å². The topological polar surface area (TPSA) is 321 Å². The van der Waals surface area contributed by atoms with Gasteiger partial charge in [0.15, 0.2) is 11.5 Å². The minimum atomic E-state index is -2.27. The summed E-state index contributed by atoms with van der Waals surface area (Å²) in [5.41, 5.74) is 4.88. The molecular formula is C28H42N6O13. The molecule has 2 rings (SSSR count). The Morgan fingerprint density at radius 1 is 0.936 bits per heavy atom. The molecule has 19 nitrogen and oxygen atoms in total. The zero-order chi connectivity index (χ0) is 35.7. The van der Waals surface area contributed by atoms with Crippen molar-refractivity contribution in [2.24, 2.45) is 5.73 Å². The Morgan fingerprint density at radius 3 is 2.11 bits per heavy atom. The number of phenolic OH excluding ortho intramolecular Hbond substituents is 2. The number of benzene rings is 1. The molecule has 9 atom stereocenters. The van der Waals surface area contributed by atoms with E-state index in [0.29, 0.717) is 0 Å². The van der Waals surface area contributed by atoms with Gasteiger partial charge >= 0.3 is 0 Å². The highest BCUT2D eigenvalue weighted by Gasteiger charge is 2.45. The van der Waals surface area contributed by atoms with Crippen molar-refractivity contribution in [3.8, 4) is 11.5 Å². The second-order valence-corrected chi connectivity index (χ2v) is 11.1. The van der Waals surface area contributed by atoms with Gasteiger partial charge in [-0.2, -0.15) is 0 Å². The monoisotopic (exact) mass is 670 g/mol. The molecule has 0 bridgehead atoms. The van der Waals surface area contributed by atoms with Crippen LogP contribution >= 0.6 is 0 Å². The van der Waals surface area contributed by atoms with Gasteiger partial charge in [0, 0.05) is 26.4 Å². The van der Waals surface area contributed by atoms with E-state index >= 15 is 0 Å². The molecule has 0 radical (unpaired) electrons. The smallest absolute Gasteiger partial charge is 0.248 e. The number of hydrogen-bond acceptors (Lipinski definition) is 13. The number of nitrogens with one attached hydrogen (secondary N) is 4. The average Bonchev–Trinajstić information content (AvgIpc) is 3.38. The number of nitrogens with two attached hydrogens (primary N) is 1. The minimum Gasteiger partial charge on any atom is -0.504 e. The van der Waals surface area contributed by atoms with Crippen molar-refractivity contribution in [1.82, 2.24) is 26.2 Å². The van der Waals surface area contributed by atoms with Crippen LogP contribution in [0, 0.1) is 0 Å². The maximum atomic E-state index is 13.6. The van der Waals surface area contributed by atoms with Gasteiger partial charge < -0.3 is 67.6 Å². The molecule has 0 aliphatic carbocycles. The highest BCUT2D eigenvalue weighted by atomic mass is 16.3. The van der Waals surface area contributed by atoms with Gasteiger partial charge in [-0.05, 0) is 31.5 Å². The van der Waals surface area contributed by atoms with E-state index in [0.717, 1.165) is 30.0 Å². The van der Waals surface area contributed by atoms with Crippen LogP contribution in [0.15, 0.2) is 18.2 Å². The molecule has 19 heteroatoms. The highest BCUT2D eigenvalue weighted by molar-refractivity contribution is 5.96. The van der Waals surface area contributed by atoms with Crippen LogP contribution in [0.3, 0.4) is 0 Å². The number of nitrogens with zero attached hydrogens (tertiary/aromatic N) is 1. The minimum absolute atomic E-state index is 0.0279. The van der Waals surface area contributed by atoms with Crippen LogP contribution < -0.4 is 27.0 Å². The molecule has 6 amide bonds. The molecule has 0 spiro atoms. The predicted octanol–water partition coefficient (Wildman–Crippen LogP) is -5.32. The maximum Gasteiger partial charge on any atom is 0.248 e. The Hall–Kier alpha value is -4.56. The summed E-state index contributed by atoms with van der Waals surface area (Å²) in [6.07, 6.45) is -10.1. The molecular weight excluding hydrogens is 628 g/mol. The van der Waals surface area contributed by atoms with Crippen molar-refractivity contribution in [1.29, 1.82) is 0 Å². The average molecular weight is 671 g/mol. The molecule has 1 aromatic rings. The second kappa shape index (κ2) is 16.8. The standard InChI is InChI=1S/C28H42N6O13/c1-4-30-26(45)21(18(40)9-19(29)41)32-27(46)22(24(43)23(42)13-5-6-16(38)17(39)7-13)33-25(44)15-8-14(37)10-34(15)28(47)20(11(2)35)31-12(3)36/h5-7,11,14-15,18,20-24,35,37-40,42-43H,4,8-10H2,1-3H3,(H2,29,41)(H,30,45)(H,31,36)(H,32,46)(H,33,44)/t11-,14-,15?,18-,20?,21?,22?,23+,24+/m1/s1. The number of aliphatic hydroxyl groups excluding tert-OH is 5. The molecule has 1 aliphatic heterocycles. The van der Waals surface area contributed by atoms with E-state index in [4.69, 9.17) is 5.73 Å². The number of amides is 6. The van der Waals surface area contributed by atoms with Gasteiger partial charge in [-0.25, -0.2) is 0 Å². The third-order valence-corrected chi connectivity index (χ3v) is 7.28. The SMILES string of the molecule is CCNC(=O)C(NC(=O)C(NC(=O)C1C[C@@H](O)CN1C(=O)C(NC(C)=O)[C@@H](C)O)[C@H](O)[C@@H](O)c1ccc(O)c(O)c1)[C@H](O)CC(N)=O. The van der Waals surface area contributed by atoms with Crippen LogP contribution in [0.5, 0.6) is 11.5 Å². The zero-order valence-corrected chi connectivity index (χ0v) is 25.9. The lowest BCUT2D eigenvalue weighted by Crippen LogP contribution is -2.63. The lowest BCUT2D eigenvalue weighted by Gasteiger charge is -2.33. The van der Waals surface area contributed by atoms with E-state index in [1.807, 2.05) is 0 Å². The molecule has 0 aromatic heterocycles. The van der Waals surface area contributed by atoms with Gasteiger partial charge in [0.25, 0.3) is 0 Å². The quantitative estimate of drug-likeness (QED) is 0.0777. The number of likely N-dealkylation sites (N-methyl/N-ethyl adjacent to an activating group) is 1. The normalized spacial score (nSPS) is 20.5. The second-order valence-electron chi connectivity index (χ2n) is 11.1. The summed E-state index contributed by atoms with van der Waals surface area (Å²) in [5, 5.41) is 81.3. The van der Waals surface area contributed by atoms with Gasteiger partial charge in [-0.15, -0.1) is 0 Å². The number of likely N-dealkylation sites (tertiary alicyclic amines) is 1. The van der Waals surface area contributed by atoms with E-state index in [-0.39, 0.29) is 18.5 Å². The van der Waals surface area contributed by atoms with Crippen molar-refractivity contribution in [2.75, 3.05) is 13.1 Å². The number of aliphatic hydroxyl groups is 5. The lowest BCUT2D eigenvalue weighted by molar-refractivity contribution is -0.145. The number of primary amides is 1. The zero-order valence-electron chi connectivity index (χ0n) is 25.9. The molecule has 1 saturated heterocycles. The van der Waals surface area contributed by atoms with Crippen molar-refractivity contribution < 1.29 is 64.5 Å². The number of hydrogen-bond donors (Lipinski definition) is 12. The summed E-state index contributed by atoms with van der Waals surface area (Å²) in [7, 11) is 0. The van der Waals surface area contributed by atoms with Gasteiger partial charge in [0.05, 0.1) is 24.7 Å². The number of carbonyl (C=O) groups is 6. The molecule has 47 heavy (non-hydrogen) atoms. The third-order valence-electron chi connectivity index (χ3n) is 7.28. The number of rotatable bonds is 15. The summed E-state index contributed by atoms with van der Waals surface area (Å²) in [6, 6.07) is -4.18. The Morgan fingerprint density at radius 2 is 1.57 bits per heavy atom. The van der Waals surface area contributed by atoms with Crippen LogP contribution in [-0.4, -0.2) is 138 Å². The Labute approximate surface area is 268 Å². The Kier molecular flexibility index (Phi) is 13.8. The number of phenols is 2. The van der Waals surface area contributed by atoms with E-state index in [2.05, 4.69) is 21.3 Å². The lowest BCUT2D eigenvalue weighted by atomic mass is 9.96. The fourth-order valence-corrected chi connectivity index (χ4v) is 4.94. The van der Waals surface area contributed by atoms with E-state index < -0.39 is 115 Å². The fourth-order valence-electron chi connectivity index (χ4n) is 4.94. The molecule has 4 unspecified atom stereocenters. The highest BCUT2D eigenvalue weighted by Crippen LogP contribution is 2.30. The number of aromatic hydroxyl groups is 2. The molecule has 1 fully saturated rings. The first kappa shape index (κ1) is 38.6. The predicted molar refractivity (Wildman–Crippen MR) is 159 cm³/mol. The van der Waals surface area contributed by atoms with Crippen LogP contribution in [0.4, 0.5) is 0 Å².